The highest BCUT2D eigenvalue weighted by atomic mass is 19.1. The van der Waals surface area contributed by atoms with Crippen molar-refractivity contribution < 1.29 is 9.18 Å². The van der Waals surface area contributed by atoms with Crippen LogP contribution in [0.5, 0.6) is 0 Å². The number of nitrogens with zero attached hydrogens (tertiary/aromatic N) is 2. The first kappa shape index (κ1) is 15.9. The standard InChI is InChI=1S/C19H18FN3O/c1-13-6-8-14(9-7-13)19(24)22-17(18-21-10-11-23(18)2)15-4-3-5-16(20)12-15/h3-12,17H,1-2H3,(H,22,24)/t17-/m1/s1. The van der Waals surface area contributed by atoms with E-state index in [0.717, 1.165) is 5.56 Å². The quantitative estimate of drug-likeness (QED) is 0.800. The summed E-state index contributed by atoms with van der Waals surface area (Å²) in [5, 5.41) is 2.95. The number of halogens is 1. The molecule has 1 N–H and O–H groups in total. The van der Waals surface area contributed by atoms with Crippen molar-refractivity contribution in [2.24, 2.45) is 7.05 Å². The Bertz CT molecular complexity index is 855. The summed E-state index contributed by atoms with van der Waals surface area (Å²) >= 11 is 0. The maximum absolute atomic E-state index is 13.6. The van der Waals surface area contributed by atoms with Gasteiger partial charge in [-0.05, 0) is 36.8 Å². The summed E-state index contributed by atoms with van der Waals surface area (Å²) < 4.78 is 15.4. The van der Waals surface area contributed by atoms with E-state index in [0.29, 0.717) is 17.0 Å². The number of hydrogen-bond donors (Lipinski definition) is 1. The summed E-state index contributed by atoms with van der Waals surface area (Å²) in [4.78, 5) is 16.9. The molecule has 0 bridgehead atoms. The van der Waals surface area contributed by atoms with Crippen LogP contribution in [-0.2, 0) is 7.05 Å². The number of aromatic nitrogens is 2. The van der Waals surface area contributed by atoms with Crippen LogP contribution < -0.4 is 5.32 Å². The van der Waals surface area contributed by atoms with Crippen molar-refractivity contribution in [1.82, 2.24) is 14.9 Å². The molecule has 24 heavy (non-hydrogen) atoms. The Hall–Kier alpha value is -2.95. The number of carbonyl (C=O) groups excluding carboxylic acids is 1. The van der Waals surface area contributed by atoms with E-state index in [1.54, 1.807) is 36.7 Å². The summed E-state index contributed by atoms with van der Waals surface area (Å²) in [5.74, 6) is 0.0598. The predicted octanol–water partition coefficient (Wildman–Crippen LogP) is 3.39. The smallest absolute Gasteiger partial charge is 0.252 e. The largest absolute Gasteiger partial charge is 0.338 e. The molecule has 3 rings (SSSR count). The van der Waals surface area contributed by atoms with Gasteiger partial charge >= 0.3 is 0 Å². The highest BCUT2D eigenvalue weighted by Crippen LogP contribution is 2.22. The number of amides is 1. The molecule has 1 heterocycles. The first-order valence-corrected chi connectivity index (χ1v) is 7.65. The second-order valence-corrected chi connectivity index (χ2v) is 5.72. The van der Waals surface area contributed by atoms with Gasteiger partial charge in [0.1, 0.15) is 17.7 Å². The monoisotopic (exact) mass is 323 g/mol. The van der Waals surface area contributed by atoms with E-state index in [1.165, 1.54) is 12.1 Å². The molecule has 0 aliphatic heterocycles. The number of imidazole rings is 1. The molecule has 2 aromatic carbocycles. The zero-order chi connectivity index (χ0) is 17.1. The van der Waals surface area contributed by atoms with Crippen LogP contribution in [0, 0.1) is 12.7 Å². The average molecular weight is 323 g/mol. The maximum atomic E-state index is 13.6. The van der Waals surface area contributed by atoms with Gasteiger partial charge in [0.25, 0.3) is 5.91 Å². The highest BCUT2D eigenvalue weighted by molar-refractivity contribution is 5.94. The van der Waals surface area contributed by atoms with Crippen molar-refractivity contribution in [3.05, 3.63) is 89.3 Å². The first-order valence-electron chi connectivity index (χ1n) is 7.65. The van der Waals surface area contributed by atoms with Gasteiger partial charge in [-0.15, -0.1) is 0 Å². The number of hydrogen-bond acceptors (Lipinski definition) is 2. The molecule has 122 valence electrons. The molecular weight excluding hydrogens is 305 g/mol. The minimum absolute atomic E-state index is 0.229. The number of carbonyl (C=O) groups is 1. The lowest BCUT2D eigenvalue weighted by molar-refractivity contribution is 0.0941. The summed E-state index contributed by atoms with van der Waals surface area (Å²) in [5.41, 5.74) is 2.28. The van der Waals surface area contributed by atoms with Gasteiger partial charge in [0.05, 0.1) is 0 Å². The molecule has 1 atom stereocenters. The molecule has 0 spiro atoms. The molecule has 0 radical (unpaired) electrons. The molecule has 0 fully saturated rings. The van der Waals surface area contributed by atoms with Crippen LogP contribution in [0.4, 0.5) is 4.39 Å². The fourth-order valence-electron chi connectivity index (χ4n) is 2.56. The van der Waals surface area contributed by atoms with Crippen molar-refractivity contribution in [1.29, 1.82) is 0 Å². The number of nitrogens with one attached hydrogen (secondary N) is 1. The van der Waals surface area contributed by atoms with Crippen molar-refractivity contribution in [3.8, 4) is 0 Å². The summed E-state index contributed by atoms with van der Waals surface area (Å²) in [6, 6.07) is 13.0. The van der Waals surface area contributed by atoms with E-state index >= 15 is 0 Å². The fraction of sp³-hybridized carbons (Fsp3) is 0.158. The molecule has 0 aliphatic carbocycles. The van der Waals surface area contributed by atoms with Crippen LogP contribution in [0.25, 0.3) is 0 Å². The Balaban J connectivity index is 1.95. The number of aryl methyl sites for hydroxylation is 2. The molecule has 3 aromatic rings. The summed E-state index contributed by atoms with van der Waals surface area (Å²) in [6.07, 6.45) is 3.44. The van der Waals surface area contributed by atoms with Crippen molar-refractivity contribution in [2.75, 3.05) is 0 Å². The van der Waals surface area contributed by atoms with Crippen molar-refractivity contribution in [3.63, 3.8) is 0 Å². The third-order valence-corrected chi connectivity index (χ3v) is 3.89. The van der Waals surface area contributed by atoms with Crippen molar-refractivity contribution >= 4 is 5.91 Å². The topological polar surface area (TPSA) is 46.9 Å². The third kappa shape index (κ3) is 3.35. The Labute approximate surface area is 140 Å². The fourth-order valence-corrected chi connectivity index (χ4v) is 2.56. The number of benzene rings is 2. The van der Waals surface area contributed by atoms with Gasteiger partial charge in [-0.3, -0.25) is 4.79 Å². The van der Waals surface area contributed by atoms with E-state index in [2.05, 4.69) is 10.3 Å². The Kier molecular flexibility index (Phi) is 4.42. The zero-order valence-corrected chi connectivity index (χ0v) is 13.5. The van der Waals surface area contributed by atoms with E-state index in [-0.39, 0.29) is 11.7 Å². The summed E-state index contributed by atoms with van der Waals surface area (Å²) in [7, 11) is 1.84. The van der Waals surface area contributed by atoms with E-state index < -0.39 is 6.04 Å². The second-order valence-electron chi connectivity index (χ2n) is 5.72. The molecule has 1 amide bonds. The molecule has 4 nitrogen and oxygen atoms in total. The Morgan fingerprint density at radius 2 is 1.96 bits per heavy atom. The zero-order valence-electron chi connectivity index (χ0n) is 13.5. The number of rotatable bonds is 4. The van der Waals surface area contributed by atoms with Gasteiger partial charge in [-0.25, -0.2) is 9.37 Å². The molecule has 0 saturated carbocycles. The lowest BCUT2D eigenvalue weighted by atomic mass is 10.0. The minimum atomic E-state index is -0.533. The lowest BCUT2D eigenvalue weighted by Gasteiger charge is -2.19. The lowest BCUT2D eigenvalue weighted by Crippen LogP contribution is -2.31. The van der Waals surface area contributed by atoms with Crippen molar-refractivity contribution in [2.45, 2.75) is 13.0 Å². The maximum Gasteiger partial charge on any atom is 0.252 e. The van der Waals surface area contributed by atoms with Crippen LogP contribution in [-0.4, -0.2) is 15.5 Å². The van der Waals surface area contributed by atoms with Crippen LogP contribution >= 0.6 is 0 Å². The predicted molar refractivity (Wildman–Crippen MR) is 90.1 cm³/mol. The third-order valence-electron chi connectivity index (χ3n) is 3.89. The normalized spacial score (nSPS) is 12.0. The van der Waals surface area contributed by atoms with Gasteiger partial charge in [-0.1, -0.05) is 29.8 Å². The van der Waals surface area contributed by atoms with Gasteiger partial charge in [-0.2, -0.15) is 0 Å². The molecule has 0 aliphatic rings. The first-order chi connectivity index (χ1) is 11.5. The van der Waals surface area contributed by atoms with E-state index in [4.69, 9.17) is 0 Å². The van der Waals surface area contributed by atoms with Gasteiger partial charge in [0.15, 0.2) is 0 Å². The van der Waals surface area contributed by atoms with Gasteiger partial charge in [0, 0.05) is 25.0 Å². The molecular formula is C19H18FN3O. The summed E-state index contributed by atoms with van der Waals surface area (Å²) in [6.45, 7) is 1.96. The van der Waals surface area contributed by atoms with Crippen LogP contribution in [0.2, 0.25) is 0 Å². The molecule has 5 heteroatoms. The molecule has 1 aromatic heterocycles. The van der Waals surface area contributed by atoms with Gasteiger partial charge < -0.3 is 9.88 Å². The minimum Gasteiger partial charge on any atom is -0.338 e. The van der Waals surface area contributed by atoms with Gasteiger partial charge in [0.2, 0.25) is 0 Å². The Morgan fingerprint density at radius 1 is 1.21 bits per heavy atom. The Morgan fingerprint density at radius 3 is 2.58 bits per heavy atom. The SMILES string of the molecule is Cc1ccc(C(=O)N[C@H](c2cccc(F)c2)c2nccn2C)cc1. The molecule has 0 saturated heterocycles. The second kappa shape index (κ2) is 6.66. The van der Waals surface area contributed by atoms with Crippen LogP contribution in [0.3, 0.4) is 0 Å². The van der Waals surface area contributed by atoms with E-state index in [9.17, 15) is 9.18 Å². The van der Waals surface area contributed by atoms with E-state index in [1.807, 2.05) is 30.7 Å². The van der Waals surface area contributed by atoms with Crippen LogP contribution in [0.15, 0.2) is 60.9 Å². The average Bonchev–Trinajstić information content (AvgIpc) is 2.99. The van der Waals surface area contributed by atoms with Crippen LogP contribution in [0.1, 0.15) is 33.4 Å². The molecule has 0 unspecified atom stereocenters. The highest BCUT2D eigenvalue weighted by Gasteiger charge is 2.21.